The second kappa shape index (κ2) is 4.34. The molecule has 0 bridgehead atoms. The van der Waals surface area contributed by atoms with Crippen LogP contribution in [-0.2, 0) is 4.79 Å². The van der Waals surface area contributed by atoms with Crippen molar-refractivity contribution in [3.8, 4) is 0 Å². The molecule has 1 unspecified atom stereocenters. The third kappa shape index (κ3) is 2.11. The Hall–Kier alpha value is -0.510. The van der Waals surface area contributed by atoms with Gasteiger partial charge >= 0.3 is 0 Å². The summed E-state index contributed by atoms with van der Waals surface area (Å²) < 4.78 is 0. The number of nitrogens with two attached hydrogens (primary N) is 1. The smallest absolute Gasteiger partial charge is 0.161 e. The van der Waals surface area contributed by atoms with Crippen LogP contribution in [-0.4, -0.2) is 22.7 Å². The zero-order chi connectivity index (χ0) is 9.97. The lowest BCUT2D eigenvalue weighted by Gasteiger charge is -2.21. The number of thioether (sulfide) groups is 1. The van der Waals surface area contributed by atoms with Crippen LogP contribution in [0.3, 0.4) is 0 Å². The first-order valence-corrected chi connectivity index (χ1v) is 6.26. The number of hydrogen-bond donors (Lipinski definition) is 1. The van der Waals surface area contributed by atoms with Gasteiger partial charge in [-0.3, -0.25) is 9.79 Å². The third-order valence-electron chi connectivity index (χ3n) is 3.01. The number of aliphatic imine (C=N–C) groups is 1. The molecule has 1 fully saturated rings. The van der Waals surface area contributed by atoms with E-state index in [4.69, 9.17) is 5.73 Å². The molecule has 78 valence electrons. The van der Waals surface area contributed by atoms with Crippen LogP contribution in [0.2, 0.25) is 0 Å². The van der Waals surface area contributed by atoms with Gasteiger partial charge in [-0.25, -0.2) is 0 Å². The summed E-state index contributed by atoms with van der Waals surface area (Å²) in [5.74, 6) is 1.36. The van der Waals surface area contributed by atoms with Gasteiger partial charge in [0.05, 0.1) is 0 Å². The van der Waals surface area contributed by atoms with Gasteiger partial charge in [-0.2, -0.15) is 0 Å². The Balaban J connectivity index is 1.94. The molecule has 0 saturated heterocycles. The van der Waals surface area contributed by atoms with Crippen LogP contribution in [0.5, 0.6) is 0 Å². The molecule has 0 spiro atoms. The lowest BCUT2D eigenvalue weighted by atomic mass is 9.84. The highest BCUT2D eigenvalue weighted by molar-refractivity contribution is 8.14. The van der Waals surface area contributed by atoms with Crippen LogP contribution < -0.4 is 5.73 Å². The van der Waals surface area contributed by atoms with Crippen molar-refractivity contribution in [2.75, 3.05) is 5.75 Å². The van der Waals surface area contributed by atoms with Gasteiger partial charge in [0.2, 0.25) is 0 Å². The number of Topliss-reactive ketones (excluding diaryl/α,β-unsaturated/α-hetero) is 1. The van der Waals surface area contributed by atoms with Gasteiger partial charge in [0.1, 0.15) is 6.04 Å². The van der Waals surface area contributed by atoms with E-state index >= 15 is 0 Å². The van der Waals surface area contributed by atoms with Crippen LogP contribution >= 0.6 is 11.8 Å². The molecule has 14 heavy (non-hydrogen) atoms. The second-order valence-corrected chi connectivity index (χ2v) is 5.07. The first-order chi connectivity index (χ1) is 6.77. The Morgan fingerprint density at radius 3 is 2.64 bits per heavy atom. The second-order valence-electron chi connectivity index (χ2n) is 4.03. The van der Waals surface area contributed by atoms with Crippen molar-refractivity contribution in [1.29, 1.82) is 0 Å². The van der Waals surface area contributed by atoms with E-state index in [2.05, 4.69) is 4.99 Å². The molecule has 2 N–H and O–H groups in total. The summed E-state index contributed by atoms with van der Waals surface area (Å²) in [6.07, 6.45) is 5.82. The maximum Gasteiger partial charge on any atom is 0.161 e. The topological polar surface area (TPSA) is 55.4 Å². The summed E-state index contributed by atoms with van der Waals surface area (Å²) in [5.41, 5.74) is 5.55. The Bertz CT molecular complexity index is 259. The number of ketones is 1. The number of rotatable bonds is 2. The molecule has 1 heterocycles. The van der Waals surface area contributed by atoms with Gasteiger partial charge in [-0.05, 0) is 12.8 Å². The van der Waals surface area contributed by atoms with Gasteiger partial charge < -0.3 is 5.73 Å². The third-order valence-corrected chi connectivity index (χ3v) is 3.89. The molecule has 1 saturated carbocycles. The predicted molar refractivity (Wildman–Crippen MR) is 59.5 cm³/mol. The number of hydrogen-bond acceptors (Lipinski definition) is 4. The van der Waals surface area contributed by atoms with Gasteiger partial charge in [-0.1, -0.05) is 31.0 Å². The number of nitrogens with zero attached hydrogens (tertiary/aromatic N) is 1. The van der Waals surface area contributed by atoms with Crippen molar-refractivity contribution in [2.24, 2.45) is 16.6 Å². The summed E-state index contributed by atoms with van der Waals surface area (Å²) >= 11 is 1.50. The molecule has 0 aromatic carbocycles. The minimum atomic E-state index is -0.136. The standard InChI is InChI=1S/C10H16N2OS/c11-10-12-8(6-14-10)9(13)7-4-2-1-3-5-7/h7-8H,1-6H2,(H2,11,12). The fraction of sp³-hybridized carbons (Fsp3) is 0.800. The zero-order valence-electron chi connectivity index (χ0n) is 8.24. The summed E-state index contributed by atoms with van der Waals surface area (Å²) in [6.45, 7) is 0. The number of amidine groups is 1. The minimum absolute atomic E-state index is 0.136. The molecular formula is C10H16N2OS. The van der Waals surface area contributed by atoms with Crippen LogP contribution in [0.15, 0.2) is 4.99 Å². The SMILES string of the molecule is NC1=NC(C(=O)C2CCCCC2)CS1. The minimum Gasteiger partial charge on any atom is -0.379 e. The van der Waals surface area contributed by atoms with E-state index in [1.165, 1.54) is 31.0 Å². The molecule has 1 aliphatic heterocycles. The summed E-state index contributed by atoms with van der Waals surface area (Å²) in [4.78, 5) is 16.1. The highest BCUT2D eigenvalue weighted by Gasteiger charge is 2.30. The van der Waals surface area contributed by atoms with Gasteiger partial charge in [-0.15, -0.1) is 0 Å². The molecule has 1 atom stereocenters. The first-order valence-electron chi connectivity index (χ1n) is 5.27. The van der Waals surface area contributed by atoms with Crippen molar-refractivity contribution in [1.82, 2.24) is 0 Å². The maximum atomic E-state index is 12.0. The van der Waals surface area contributed by atoms with E-state index in [9.17, 15) is 4.79 Å². The molecular weight excluding hydrogens is 196 g/mol. The lowest BCUT2D eigenvalue weighted by Crippen LogP contribution is -2.28. The largest absolute Gasteiger partial charge is 0.379 e. The van der Waals surface area contributed by atoms with E-state index in [1.54, 1.807) is 0 Å². The fourth-order valence-corrected chi connectivity index (χ4v) is 2.97. The Morgan fingerprint density at radius 1 is 1.36 bits per heavy atom. The Morgan fingerprint density at radius 2 is 2.07 bits per heavy atom. The zero-order valence-corrected chi connectivity index (χ0v) is 9.05. The van der Waals surface area contributed by atoms with E-state index in [-0.39, 0.29) is 12.0 Å². The normalized spacial score (nSPS) is 28.9. The monoisotopic (exact) mass is 212 g/mol. The van der Waals surface area contributed by atoms with Crippen molar-refractivity contribution in [3.63, 3.8) is 0 Å². The molecule has 0 aromatic rings. The molecule has 4 heteroatoms. The highest BCUT2D eigenvalue weighted by Crippen LogP contribution is 2.28. The van der Waals surface area contributed by atoms with E-state index in [0.29, 0.717) is 11.0 Å². The summed E-state index contributed by atoms with van der Waals surface area (Å²) in [6, 6.07) is -0.136. The maximum absolute atomic E-state index is 12.0. The first kappa shape index (κ1) is 10.0. The van der Waals surface area contributed by atoms with Crippen molar-refractivity contribution in [3.05, 3.63) is 0 Å². The van der Waals surface area contributed by atoms with Gasteiger partial charge in [0, 0.05) is 11.7 Å². The average molecular weight is 212 g/mol. The van der Waals surface area contributed by atoms with E-state index < -0.39 is 0 Å². The Labute approximate surface area is 88.5 Å². The highest BCUT2D eigenvalue weighted by atomic mass is 32.2. The molecule has 2 rings (SSSR count). The summed E-state index contributed by atoms with van der Waals surface area (Å²) in [7, 11) is 0. The van der Waals surface area contributed by atoms with Gasteiger partial charge in [0.15, 0.2) is 11.0 Å². The quantitative estimate of drug-likeness (QED) is 0.756. The fourth-order valence-electron chi connectivity index (χ4n) is 2.20. The predicted octanol–water partition coefficient (Wildman–Crippen LogP) is 1.57. The van der Waals surface area contributed by atoms with Gasteiger partial charge in [0.25, 0.3) is 0 Å². The van der Waals surface area contributed by atoms with Crippen molar-refractivity contribution in [2.45, 2.75) is 38.1 Å². The Kier molecular flexibility index (Phi) is 3.11. The summed E-state index contributed by atoms with van der Waals surface area (Å²) in [5, 5.41) is 0.583. The molecule has 0 amide bonds. The van der Waals surface area contributed by atoms with Crippen molar-refractivity contribution >= 4 is 22.7 Å². The number of carbonyl (C=O) groups is 1. The average Bonchev–Trinajstić information content (AvgIpc) is 2.65. The van der Waals surface area contributed by atoms with Crippen LogP contribution in [0.4, 0.5) is 0 Å². The molecule has 2 aliphatic rings. The van der Waals surface area contributed by atoms with E-state index in [0.717, 1.165) is 18.6 Å². The van der Waals surface area contributed by atoms with Crippen LogP contribution in [0.25, 0.3) is 0 Å². The van der Waals surface area contributed by atoms with Crippen LogP contribution in [0, 0.1) is 5.92 Å². The molecule has 0 aromatic heterocycles. The molecule has 3 nitrogen and oxygen atoms in total. The molecule has 0 radical (unpaired) electrons. The lowest BCUT2D eigenvalue weighted by molar-refractivity contribution is -0.124. The molecule has 1 aliphatic carbocycles. The number of carbonyl (C=O) groups excluding carboxylic acids is 1. The van der Waals surface area contributed by atoms with Crippen molar-refractivity contribution < 1.29 is 4.79 Å². The van der Waals surface area contributed by atoms with E-state index in [1.807, 2.05) is 0 Å². The van der Waals surface area contributed by atoms with Crippen LogP contribution in [0.1, 0.15) is 32.1 Å².